The van der Waals surface area contributed by atoms with Gasteiger partial charge in [-0.05, 0) is 31.0 Å². The maximum Gasteiger partial charge on any atom is 0.244 e. The summed E-state index contributed by atoms with van der Waals surface area (Å²) in [6, 6.07) is 4.86. The molecule has 0 bridgehead atoms. The number of ether oxygens (including phenoxy) is 1. The Bertz CT molecular complexity index is 730. The number of methoxy groups -OCH3 is 1. The number of aryl methyl sites for hydroxylation is 1. The fraction of sp³-hybridized carbons (Fsp3) is 0.571. The lowest BCUT2D eigenvalue weighted by molar-refractivity contribution is 0.401. The van der Waals surface area contributed by atoms with Crippen LogP contribution in [0.1, 0.15) is 18.9 Å². The van der Waals surface area contributed by atoms with E-state index in [1.165, 1.54) is 17.5 Å². The van der Waals surface area contributed by atoms with Gasteiger partial charge >= 0.3 is 0 Å². The highest BCUT2D eigenvalue weighted by molar-refractivity contribution is 7.89. The molecule has 0 aliphatic heterocycles. The molecule has 0 saturated carbocycles. The van der Waals surface area contributed by atoms with E-state index in [0.717, 1.165) is 11.8 Å². The van der Waals surface area contributed by atoms with Gasteiger partial charge in [-0.15, -0.1) is 0 Å². The summed E-state index contributed by atoms with van der Waals surface area (Å²) in [7, 11) is -5.73. The quantitative estimate of drug-likeness (QED) is 0.704. The van der Waals surface area contributed by atoms with Crippen molar-refractivity contribution < 1.29 is 21.6 Å². The van der Waals surface area contributed by atoms with Crippen molar-refractivity contribution in [1.82, 2.24) is 9.03 Å². The first kappa shape index (κ1) is 19.9. The molecule has 23 heavy (non-hydrogen) atoms. The zero-order chi connectivity index (χ0) is 17.7. The Morgan fingerprint density at radius 1 is 1.17 bits per heavy atom. The molecule has 0 aliphatic rings. The molecule has 1 N–H and O–H groups in total. The van der Waals surface area contributed by atoms with Crippen LogP contribution in [-0.4, -0.2) is 54.1 Å². The predicted molar refractivity (Wildman–Crippen MR) is 89.6 cm³/mol. The van der Waals surface area contributed by atoms with Crippen LogP contribution >= 0.6 is 0 Å². The van der Waals surface area contributed by atoms with E-state index in [0.29, 0.717) is 13.0 Å². The molecule has 0 fully saturated rings. The lowest BCUT2D eigenvalue weighted by atomic mass is 10.2. The molecule has 0 spiro atoms. The number of sulfonamides is 2. The number of hydrogen-bond donors (Lipinski definition) is 1. The van der Waals surface area contributed by atoms with Gasteiger partial charge in [-0.2, -0.15) is 0 Å². The Kier molecular flexibility index (Phi) is 7.00. The minimum atomic E-state index is -3.78. The molecule has 132 valence electrons. The van der Waals surface area contributed by atoms with Gasteiger partial charge in [0.15, 0.2) is 0 Å². The van der Waals surface area contributed by atoms with Crippen LogP contribution in [0.4, 0.5) is 0 Å². The van der Waals surface area contributed by atoms with Crippen LogP contribution in [0.3, 0.4) is 0 Å². The van der Waals surface area contributed by atoms with Gasteiger partial charge in [0, 0.05) is 19.6 Å². The van der Waals surface area contributed by atoms with Crippen molar-refractivity contribution in [3.05, 3.63) is 23.8 Å². The van der Waals surface area contributed by atoms with Gasteiger partial charge in [0.05, 0.1) is 13.4 Å². The maximum absolute atomic E-state index is 12.4. The first-order valence-corrected chi connectivity index (χ1v) is 10.5. The summed E-state index contributed by atoms with van der Waals surface area (Å²) in [4.78, 5) is 0.0430. The summed E-state index contributed by atoms with van der Waals surface area (Å²) in [5, 5.41) is 0. The lowest BCUT2D eigenvalue weighted by Gasteiger charge is -2.19. The predicted octanol–water partition coefficient (Wildman–Crippen LogP) is 0.954. The normalized spacial score (nSPS) is 12.6. The molecule has 9 heteroatoms. The van der Waals surface area contributed by atoms with Gasteiger partial charge in [-0.25, -0.2) is 25.9 Å². The van der Waals surface area contributed by atoms with Crippen molar-refractivity contribution in [2.75, 3.05) is 33.0 Å². The second-order valence-electron chi connectivity index (χ2n) is 5.21. The summed E-state index contributed by atoms with van der Waals surface area (Å²) in [6.07, 6.45) is 1.77. The van der Waals surface area contributed by atoms with Crippen molar-refractivity contribution in [1.29, 1.82) is 0 Å². The fourth-order valence-corrected chi connectivity index (χ4v) is 4.28. The van der Waals surface area contributed by atoms with Crippen molar-refractivity contribution in [3.63, 3.8) is 0 Å². The average Bonchev–Trinajstić information content (AvgIpc) is 2.45. The number of hydrogen-bond acceptors (Lipinski definition) is 5. The molecular formula is C14H24N2O5S2. The summed E-state index contributed by atoms with van der Waals surface area (Å²) >= 11 is 0. The van der Waals surface area contributed by atoms with Crippen LogP contribution in [0.25, 0.3) is 0 Å². The van der Waals surface area contributed by atoms with Gasteiger partial charge in [-0.1, -0.05) is 13.0 Å². The van der Waals surface area contributed by atoms with Crippen molar-refractivity contribution in [3.8, 4) is 5.75 Å². The van der Waals surface area contributed by atoms with Crippen molar-refractivity contribution in [2.24, 2.45) is 0 Å². The van der Waals surface area contributed by atoms with E-state index in [2.05, 4.69) is 4.72 Å². The standard InChI is InChI=1S/C14H24N2O5S2/c1-5-9-16(22(4,17)18)10-8-15-23(19,20)14-11-12(2)6-7-13(14)21-3/h6-7,11,15H,5,8-10H2,1-4H3. The molecular weight excluding hydrogens is 340 g/mol. The Morgan fingerprint density at radius 2 is 1.83 bits per heavy atom. The van der Waals surface area contributed by atoms with Crippen LogP contribution in [0.5, 0.6) is 5.75 Å². The van der Waals surface area contributed by atoms with Gasteiger partial charge < -0.3 is 4.74 Å². The van der Waals surface area contributed by atoms with E-state index >= 15 is 0 Å². The lowest BCUT2D eigenvalue weighted by Crippen LogP contribution is -2.38. The molecule has 0 amide bonds. The Labute approximate surface area is 138 Å². The van der Waals surface area contributed by atoms with Crippen LogP contribution in [-0.2, 0) is 20.0 Å². The van der Waals surface area contributed by atoms with E-state index in [4.69, 9.17) is 4.74 Å². The molecule has 1 aromatic carbocycles. The maximum atomic E-state index is 12.4. The fourth-order valence-electron chi connectivity index (χ4n) is 2.07. The minimum Gasteiger partial charge on any atom is -0.495 e. The third kappa shape index (κ3) is 5.76. The Morgan fingerprint density at radius 3 is 2.35 bits per heavy atom. The van der Waals surface area contributed by atoms with E-state index in [9.17, 15) is 16.8 Å². The van der Waals surface area contributed by atoms with E-state index in [1.807, 2.05) is 6.92 Å². The van der Waals surface area contributed by atoms with Gasteiger partial charge in [0.1, 0.15) is 10.6 Å². The summed E-state index contributed by atoms with van der Waals surface area (Å²) < 4.78 is 56.8. The number of nitrogens with one attached hydrogen (secondary N) is 1. The first-order valence-electron chi connectivity index (χ1n) is 7.21. The number of rotatable bonds is 9. The van der Waals surface area contributed by atoms with Gasteiger partial charge in [0.25, 0.3) is 0 Å². The van der Waals surface area contributed by atoms with Crippen LogP contribution in [0, 0.1) is 6.92 Å². The number of nitrogens with zero attached hydrogens (tertiary/aromatic N) is 1. The van der Waals surface area contributed by atoms with E-state index in [1.54, 1.807) is 19.1 Å². The molecule has 0 radical (unpaired) electrons. The third-order valence-corrected chi connectivity index (χ3v) is 5.99. The zero-order valence-electron chi connectivity index (χ0n) is 13.9. The molecule has 0 aromatic heterocycles. The third-order valence-electron chi connectivity index (χ3n) is 3.20. The van der Waals surface area contributed by atoms with Crippen LogP contribution < -0.4 is 9.46 Å². The molecule has 0 saturated heterocycles. The second-order valence-corrected chi connectivity index (χ2v) is 8.93. The van der Waals surface area contributed by atoms with E-state index < -0.39 is 20.0 Å². The van der Waals surface area contributed by atoms with Crippen molar-refractivity contribution in [2.45, 2.75) is 25.2 Å². The first-order chi connectivity index (χ1) is 10.6. The molecule has 0 atom stereocenters. The Hall–Kier alpha value is -1.16. The largest absolute Gasteiger partial charge is 0.495 e. The Balaban J connectivity index is 2.86. The summed E-state index contributed by atoms with van der Waals surface area (Å²) in [6.45, 7) is 4.08. The molecule has 0 unspecified atom stereocenters. The topological polar surface area (TPSA) is 92.8 Å². The highest BCUT2D eigenvalue weighted by Crippen LogP contribution is 2.24. The zero-order valence-corrected chi connectivity index (χ0v) is 15.5. The second kappa shape index (κ2) is 8.09. The average molecular weight is 364 g/mol. The molecule has 0 aliphatic carbocycles. The monoisotopic (exact) mass is 364 g/mol. The highest BCUT2D eigenvalue weighted by atomic mass is 32.2. The summed E-state index contributed by atoms with van der Waals surface area (Å²) in [5.41, 5.74) is 0.787. The molecule has 1 rings (SSSR count). The van der Waals surface area contributed by atoms with Crippen molar-refractivity contribution >= 4 is 20.0 Å². The van der Waals surface area contributed by atoms with Gasteiger partial charge in [0.2, 0.25) is 20.0 Å². The van der Waals surface area contributed by atoms with Crippen LogP contribution in [0.2, 0.25) is 0 Å². The smallest absolute Gasteiger partial charge is 0.244 e. The molecule has 7 nitrogen and oxygen atoms in total. The highest BCUT2D eigenvalue weighted by Gasteiger charge is 2.21. The van der Waals surface area contributed by atoms with E-state index in [-0.39, 0.29) is 23.7 Å². The SMILES string of the molecule is CCCN(CCNS(=O)(=O)c1cc(C)ccc1OC)S(C)(=O)=O. The summed E-state index contributed by atoms with van der Waals surface area (Å²) in [5.74, 6) is 0.247. The molecule has 0 heterocycles. The van der Waals surface area contributed by atoms with Gasteiger partial charge in [-0.3, -0.25) is 0 Å². The molecule has 1 aromatic rings. The van der Waals surface area contributed by atoms with Crippen LogP contribution in [0.15, 0.2) is 23.1 Å². The minimum absolute atomic E-state index is 0.00744. The number of benzene rings is 1.